The van der Waals surface area contributed by atoms with Gasteiger partial charge in [0.1, 0.15) is 12.4 Å². The first kappa shape index (κ1) is 21.7. The maximum absolute atomic E-state index is 13.3. The molecule has 3 rings (SSSR count). The monoisotopic (exact) mass is 420 g/mol. The first-order chi connectivity index (χ1) is 14.7. The van der Waals surface area contributed by atoms with Crippen LogP contribution in [0, 0.1) is 19.7 Å². The average molecular weight is 420 g/mol. The third-order valence-corrected chi connectivity index (χ3v) is 4.86. The van der Waals surface area contributed by atoms with E-state index in [0.29, 0.717) is 11.4 Å². The van der Waals surface area contributed by atoms with Gasteiger partial charge in [-0.1, -0.05) is 6.07 Å². The van der Waals surface area contributed by atoms with E-state index >= 15 is 0 Å². The van der Waals surface area contributed by atoms with Gasteiger partial charge in [0.25, 0.3) is 5.91 Å². The molecule has 31 heavy (non-hydrogen) atoms. The maximum atomic E-state index is 13.3. The zero-order chi connectivity index (χ0) is 22.5. The van der Waals surface area contributed by atoms with Gasteiger partial charge in [-0.3, -0.25) is 14.5 Å². The number of nitrogens with one attached hydrogen (secondary N) is 1. The lowest BCUT2D eigenvalue weighted by atomic mass is 10.1. The van der Waals surface area contributed by atoms with Gasteiger partial charge in [-0.15, -0.1) is 0 Å². The summed E-state index contributed by atoms with van der Waals surface area (Å²) >= 11 is 0. The molecule has 0 aromatic heterocycles. The van der Waals surface area contributed by atoms with Crippen LogP contribution in [0.2, 0.25) is 0 Å². The van der Waals surface area contributed by atoms with Gasteiger partial charge in [-0.05, 0) is 85.6 Å². The van der Waals surface area contributed by atoms with E-state index in [1.807, 2.05) is 26.0 Å². The Morgan fingerprint density at radius 2 is 1.48 bits per heavy atom. The van der Waals surface area contributed by atoms with Gasteiger partial charge in [0.15, 0.2) is 0 Å². The smallest absolute Gasteiger partial charge is 0.335 e. The standard InChI is InChI=1S/C24H21FN2O4/c1-15-3-12-21(13-16(15)2)27(23(29)17-4-8-19(25)9-5-17)14-22(28)26-20-10-6-18(7-11-20)24(30)31/h3-13H,14H2,1-2H3,(H,26,28)(H,30,31). The second-order valence-electron chi connectivity index (χ2n) is 7.10. The van der Waals surface area contributed by atoms with Crippen molar-refractivity contribution >= 4 is 29.2 Å². The summed E-state index contributed by atoms with van der Waals surface area (Å²) < 4.78 is 13.3. The number of carbonyl (C=O) groups is 3. The minimum Gasteiger partial charge on any atom is -0.478 e. The van der Waals surface area contributed by atoms with E-state index < -0.39 is 23.6 Å². The number of benzene rings is 3. The Morgan fingerprint density at radius 1 is 0.871 bits per heavy atom. The van der Waals surface area contributed by atoms with Crippen molar-refractivity contribution in [2.75, 3.05) is 16.8 Å². The predicted octanol–water partition coefficient (Wildman–Crippen LogP) is 4.43. The fraction of sp³-hybridized carbons (Fsp3) is 0.125. The Balaban J connectivity index is 1.85. The molecule has 0 aliphatic carbocycles. The van der Waals surface area contributed by atoms with Crippen LogP contribution in [0.3, 0.4) is 0 Å². The van der Waals surface area contributed by atoms with Crippen molar-refractivity contribution in [1.29, 1.82) is 0 Å². The Kier molecular flexibility index (Phi) is 6.45. The zero-order valence-corrected chi connectivity index (χ0v) is 17.1. The molecule has 7 heteroatoms. The highest BCUT2D eigenvalue weighted by atomic mass is 19.1. The lowest BCUT2D eigenvalue weighted by molar-refractivity contribution is -0.114. The molecular formula is C24H21FN2O4. The predicted molar refractivity (Wildman–Crippen MR) is 116 cm³/mol. The van der Waals surface area contributed by atoms with E-state index in [0.717, 1.165) is 11.1 Å². The fourth-order valence-electron chi connectivity index (χ4n) is 2.96. The van der Waals surface area contributed by atoms with E-state index in [9.17, 15) is 18.8 Å². The number of carboxylic acid groups (broad SMARTS) is 1. The summed E-state index contributed by atoms with van der Waals surface area (Å²) in [5.41, 5.74) is 3.29. The number of nitrogens with zero attached hydrogens (tertiary/aromatic N) is 1. The van der Waals surface area contributed by atoms with Gasteiger partial charge < -0.3 is 10.4 Å². The zero-order valence-electron chi connectivity index (χ0n) is 17.1. The number of halogens is 1. The minimum atomic E-state index is -1.07. The largest absolute Gasteiger partial charge is 0.478 e. The molecule has 0 bridgehead atoms. The first-order valence-corrected chi connectivity index (χ1v) is 9.52. The van der Waals surface area contributed by atoms with Crippen LogP contribution in [0.1, 0.15) is 31.8 Å². The quantitative estimate of drug-likeness (QED) is 0.618. The lowest BCUT2D eigenvalue weighted by Crippen LogP contribution is -2.38. The molecule has 0 fully saturated rings. The van der Waals surface area contributed by atoms with Crippen molar-refractivity contribution in [2.45, 2.75) is 13.8 Å². The Morgan fingerprint density at radius 3 is 2.06 bits per heavy atom. The molecule has 0 saturated heterocycles. The van der Waals surface area contributed by atoms with Gasteiger partial charge in [-0.25, -0.2) is 9.18 Å². The number of aryl methyl sites for hydroxylation is 2. The molecule has 0 heterocycles. The van der Waals surface area contributed by atoms with Gasteiger partial charge in [0.05, 0.1) is 5.56 Å². The summed E-state index contributed by atoms with van der Waals surface area (Å²) in [6.45, 7) is 3.57. The van der Waals surface area contributed by atoms with E-state index in [1.165, 1.54) is 53.4 Å². The molecule has 2 amide bonds. The maximum Gasteiger partial charge on any atom is 0.335 e. The fourth-order valence-corrected chi connectivity index (χ4v) is 2.96. The van der Waals surface area contributed by atoms with Crippen molar-refractivity contribution in [3.05, 3.63) is 94.8 Å². The minimum absolute atomic E-state index is 0.0984. The van der Waals surface area contributed by atoms with Crippen LogP contribution in [0.4, 0.5) is 15.8 Å². The number of amides is 2. The van der Waals surface area contributed by atoms with Crippen LogP contribution in [0.5, 0.6) is 0 Å². The lowest BCUT2D eigenvalue weighted by Gasteiger charge is -2.23. The number of anilines is 2. The summed E-state index contributed by atoms with van der Waals surface area (Å²) in [4.78, 5) is 38.1. The second kappa shape index (κ2) is 9.21. The third kappa shape index (κ3) is 5.33. The van der Waals surface area contributed by atoms with Crippen molar-refractivity contribution < 1.29 is 23.9 Å². The van der Waals surface area contributed by atoms with Gasteiger partial charge >= 0.3 is 5.97 Å². The number of hydrogen-bond donors (Lipinski definition) is 2. The van der Waals surface area contributed by atoms with Crippen LogP contribution < -0.4 is 10.2 Å². The SMILES string of the molecule is Cc1ccc(N(CC(=O)Nc2ccc(C(=O)O)cc2)C(=O)c2ccc(F)cc2)cc1C. The second-order valence-corrected chi connectivity index (χ2v) is 7.10. The number of aromatic carboxylic acids is 1. The Labute approximate surface area is 178 Å². The van der Waals surface area contributed by atoms with E-state index in [-0.39, 0.29) is 17.7 Å². The molecule has 0 atom stereocenters. The summed E-state index contributed by atoms with van der Waals surface area (Å²) in [6, 6.07) is 16.2. The molecule has 3 aromatic rings. The molecular weight excluding hydrogens is 399 g/mol. The van der Waals surface area contributed by atoms with Crippen LogP contribution in [0.25, 0.3) is 0 Å². The highest BCUT2D eigenvalue weighted by Gasteiger charge is 2.21. The molecule has 2 N–H and O–H groups in total. The highest BCUT2D eigenvalue weighted by molar-refractivity contribution is 6.10. The summed E-state index contributed by atoms with van der Waals surface area (Å²) in [7, 11) is 0. The third-order valence-electron chi connectivity index (χ3n) is 4.86. The number of carbonyl (C=O) groups excluding carboxylic acids is 2. The van der Waals surface area contributed by atoms with Crippen LogP contribution in [0.15, 0.2) is 66.7 Å². The number of carboxylic acids is 1. The van der Waals surface area contributed by atoms with Crippen molar-refractivity contribution in [3.8, 4) is 0 Å². The number of rotatable bonds is 6. The van der Waals surface area contributed by atoms with E-state index in [4.69, 9.17) is 5.11 Å². The molecule has 0 unspecified atom stereocenters. The highest BCUT2D eigenvalue weighted by Crippen LogP contribution is 2.21. The molecule has 158 valence electrons. The van der Waals surface area contributed by atoms with Crippen molar-refractivity contribution in [2.24, 2.45) is 0 Å². The molecule has 0 spiro atoms. The van der Waals surface area contributed by atoms with Crippen LogP contribution in [-0.2, 0) is 4.79 Å². The van der Waals surface area contributed by atoms with Crippen LogP contribution >= 0.6 is 0 Å². The molecule has 0 radical (unpaired) electrons. The molecule has 6 nitrogen and oxygen atoms in total. The topological polar surface area (TPSA) is 86.7 Å². The molecule has 0 aliphatic rings. The average Bonchev–Trinajstić information content (AvgIpc) is 2.74. The first-order valence-electron chi connectivity index (χ1n) is 9.52. The normalized spacial score (nSPS) is 10.4. The van der Waals surface area contributed by atoms with E-state index in [1.54, 1.807) is 6.07 Å². The van der Waals surface area contributed by atoms with Gasteiger partial charge in [0, 0.05) is 16.9 Å². The van der Waals surface area contributed by atoms with Crippen molar-refractivity contribution in [1.82, 2.24) is 0 Å². The van der Waals surface area contributed by atoms with Gasteiger partial charge in [-0.2, -0.15) is 0 Å². The summed E-state index contributed by atoms with van der Waals surface area (Å²) in [6.07, 6.45) is 0. The molecule has 3 aromatic carbocycles. The van der Waals surface area contributed by atoms with Gasteiger partial charge in [0.2, 0.25) is 5.91 Å². The van der Waals surface area contributed by atoms with E-state index in [2.05, 4.69) is 5.32 Å². The number of hydrogen-bond acceptors (Lipinski definition) is 3. The molecule has 0 aliphatic heterocycles. The van der Waals surface area contributed by atoms with Crippen molar-refractivity contribution in [3.63, 3.8) is 0 Å². The van der Waals surface area contributed by atoms with Crippen LogP contribution in [-0.4, -0.2) is 29.4 Å². The summed E-state index contributed by atoms with van der Waals surface area (Å²) in [5, 5.41) is 11.6. The molecule has 0 saturated carbocycles. The summed E-state index contributed by atoms with van der Waals surface area (Å²) in [5.74, 6) is -2.43. The Bertz CT molecular complexity index is 1130. The Hall–Kier alpha value is -4.00.